The Hall–Kier alpha value is -7.44. The molecule has 0 saturated heterocycles. The van der Waals surface area contributed by atoms with Crippen molar-refractivity contribution in [1.29, 1.82) is 0 Å². The molecule has 0 aliphatic carbocycles. The first-order chi connectivity index (χ1) is 30.8. The number of nitro benzene ring substituents is 1. The quantitative estimate of drug-likeness (QED) is 0.0241. The largest absolute Gasteiger partial charge is 0.514 e. The maximum absolute atomic E-state index is 13.8. The van der Waals surface area contributed by atoms with Gasteiger partial charge in [0.25, 0.3) is 17.5 Å². The van der Waals surface area contributed by atoms with Gasteiger partial charge in [-0.2, -0.15) is 0 Å². The Labute approximate surface area is 375 Å². The summed E-state index contributed by atoms with van der Waals surface area (Å²) in [4.78, 5) is 114. The number of hydrogen-bond acceptors (Lipinski definition) is 13. The van der Waals surface area contributed by atoms with Gasteiger partial charge in [0, 0.05) is 49.4 Å². The van der Waals surface area contributed by atoms with Crippen LogP contribution in [-0.4, -0.2) is 82.1 Å². The Balaban J connectivity index is 1.30. The van der Waals surface area contributed by atoms with E-state index in [-0.39, 0.29) is 43.9 Å². The van der Waals surface area contributed by atoms with Crippen molar-refractivity contribution in [1.82, 2.24) is 20.9 Å². The van der Waals surface area contributed by atoms with Crippen molar-refractivity contribution in [2.24, 2.45) is 5.92 Å². The molecule has 1 heterocycles. The lowest BCUT2D eigenvalue weighted by Crippen LogP contribution is -2.57. The molecule has 6 amide bonds. The summed E-state index contributed by atoms with van der Waals surface area (Å²) >= 11 is 0. The molecule has 0 unspecified atom stereocenters. The first kappa shape index (κ1) is 50.2. The molecule has 0 spiro atoms. The molecule has 4 rings (SSSR count). The van der Waals surface area contributed by atoms with Gasteiger partial charge in [0.2, 0.25) is 23.6 Å². The Morgan fingerprint density at radius 2 is 1.40 bits per heavy atom. The number of benzene rings is 3. The fraction of sp³-hybridized carbons (Fsp3) is 0.391. The second-order valence-electron chi connectivity index (χ2n) is 16.0. The number of ether oxygens (including phenoxy) is 3. The highest BCUT2D eigenvalue weighted by Crippen LogP contribution is 2.25. The number of amides is 6. The molecule has 0 radical (unpaired) electrons. The molecule has 4 N–H and O–H groups in total. The molecule has 1 aliphatic heterocycles. The van der Waals surface area contributed by atoms with E-state index in [9.17, 15) is 48.5 Å². The summed E-state index contributed by atoms with van der Waals surface area (Å²) in [7, 11) is 0. The van der Waals surface area contributed by atoms with Crippen molar-refractivity contribution in [3.8, 4) is 5.75 Å². The fourth-order valence-corrected chi connectivity index (χ4v) is 6.41. The Kier molecular flexibility index (Phi) is 18.4. The number of carbonyl (C=O) groups is 8. The van der Waals surface area contributed by atoms with Crippen LogP contribution in [0.4, 0.5) is 16.2 Å². The molecule has 65 heavy (non-hydrogen) atoms. The zero-order chi connectivity index (χ0) is 47.7. The third-order valence-corrected chi connectivity index (χ3v) is 10.1. The van der Waals surface area contributed by atoms with Crippen molar-refractivity contribution < 1.29 is 57.5 Å². The van der Waals surface area contributed by atoms with Crippen molar-refractivity contribution in [2.45, 2.75) is 103 Å². The topological polar surface area (TPSA) is 259 Å². The molecule has 19 nitrogen and oxygen atoms in total. The van der Waals surface area contributed by atoms with Gasteiger partial charge >= 0.3 is 12.1 Å². The molecule has 0 fully saturated rings. The number of nitro groups is 1. The fourth-order valence-electron chi connectivity index (χ4n) is 6.41. The van der Waals surface area contributed by atoms with E-state index in [1.54, 1.807) is 52.0 Å². The highest BCUT2D eigenvalue weighted by Gasteiger charge is 2.32. The number of anilines is 1. The van der Waals surface area contributed by atoms with Gasteiger partial charge in [-0.1, -0.05) is 62.7 Å². The van der Waals surface area contributed by atoms with Crippen LogP contribution in [0.2, 0.25) is 0 Å². The summed E-state index contributed by atoms with van der Waals surface area (Å²) in [5, 5.41) is 21.5. The molecular weight excluding hydrogens is 845 g/mol. The monoisotopic (exact) mass is 898 g/mol. The van der Waals surface area contributed by atoms with Gasteiger partial charge in [-0.05, 0) is 81.3 Å². The molecule has 19 heteroatoms. The molecule has 346 valence electrons. The molecular formula is C46H54N6O13. The minimum absolute atomic E-state index is 0.00734. The molecule has 3 atom stereocenters. The molecule has 0 bridgehead atoms. The van der Waals surface area contributed by atoms with E-state index in [2.05, 4.69) is 21.3 Å². The molecule has 0 saturated carbocycles. The van der Waals surface area contributed by atoms with E-state index in [4.69, 9.17) is 14.2 Å². The number of carbonyl (C=O) groups excluding carboxylic acids is 8. The van der Waals surface area contributed by atoms with E-state index in [0.29, 0.717) is 30.5 Å². The first-order valence-electron chi connectivity index (χ1n) is 21.0. The number of rotatable bonds is 23. The maximum Gasteiger partial charge on any atom is 0.514 e. The molecule has 3 aromatic rings. The smallest absolute Gasteiger partial charge is 0.455 e. The lowest BCUT2D eigenvalue weighted by molar-refractivity contribution is -0.384. The predicted octanol–water partition coefficient (Wildman–Crippen LogP) is 5.12. The normalized spacial score (nSPS) is 13.6. The molecule has 3 aromatic carbocycles. The highest BCUT2D eigenvalue weighted by molar-refractivity contribution is 6.12. The average molecular weight is 899 g/mol. The first-order valence-corrected chi connectivity index (χ1v) is 21.0. The van der Waals surface area contributed by atoms with Crippen LogP contribution >= 0.6 is 0 Å². The summed E-state index contributed by atoms with van der Waals surface area (Å²) in [6.07, 6.45) is 2.34. The number of nitrogens with zero attached hydrogens (tertiary/aromatic N) is 2. The van der Waals surface area contributed by atoms with Crippen LogP contribution in [0.25, 0.3) is 0 Å². The maximum atomic E-state index is 13.8. The van der Waals surface area contributed by atoms with E-state index in [1.807, 2.05) is 30.3 Å². The summed E-state index contributed by atoms with van der Waals surface area (Å²) in [6.45, 7) is 8.32. The van der Waals surface area contributed by atoms with Crippen LogP contribution in [0.15, 0.2) is 91.0 Å². The van der Waals surface area contributed by atoms with Crippen LogP contribution in [0, 0.1) is 16.0 Å². The van der Waals surface area contributed by atoms with Gasteiger partial charge in [-0.25, -0.2) is 4.79 Å². The average Bonchev–Trinajstić information content (AvgIpc) is 3.59. The van der Waals surface area contributed by atoms with Crippen LogP contribution < -0.4 is 26.0 Å². The SMILES string of the molecule is CC(C)[C@H](NC(=O)[C@H](CCC(=O)OC(C)(C)c1ccccc1)NC(=O)CCCCCN1C(=O)C=CC1=O)C(=O)N[C@@H](C)C(=O)Nc1ccc(COC(=O)Oc2ccc([N+](=O)[O-])cc2)cc1. The Morgan fingerprint density at radius 3 is 2.02 bits per heavy atom. The number of hydrogen-bond donors (Lipinski definition) is 4. The summed E-state index contributed by atoms with van der Waals surface area (Å²) in [5.74, 6) is -4.30. The van der Waals surface area contributed by atoms with Crippen LogP contribution in [-0.2, 0) is 55.2 Å². The second-order valence-corrected chi connectivity index (χ2v) is 16.0. The number of non-ortho nitro benzene ring substituents is 1. The molecule has 1 aliphatic rings. The van der Waals surface area contributed by atoms with Gasteiger partial charge in [0.05, 0.1) is 4.92 Å². The summed E-state index contributed by atoms with van der Waals surface area (Å²) in [6, 6.07) is 16.8. The lowest BCUT2D eigenvalue weighted by atomic mass is 9.98. The van der Waals surface area contributed by atoms with E-state index in [0.717, 1.165) is 10.5 Å². The predicted molar refractivity (Wildman–Crippen MR) is 234 cm³/mol. The minimum Gasteiger partial charge on any atom is -0.455 e. The van der Waals surface area contributed by atoms with Gasteiger partial charge in [-0.15, -0.1) is 0 Å². The lowest BCUT2D eigenvalue weighted by Gasteiger charge is -2.27. The van der Waals surface area contributed by atoms with Crippen LogP contribution in [0.5, 0.6) is 5.75 Å². The second kappa shape index (κ2) is 23.9. The van der Waals surface area contributed by atoms with E-state index < -0.39 is 82.1 Å². The zero-order valence-electron chi connectivity index (χ0n) is 36.8. The molecule has 0 aromatic heterocycles. The third kappa shape index (κ3) is 16.0. The minimum atomic E-state index is -1.25. The van der Waals surface area contributed by atoms with Gasteiger partial charge in [0.15, 0.2) is 0 Å². The summed E-state index contributed by atoms with van der Waals surface area (Å²) in [5.41, 5.74) is 0.509. The number of imide groups is 1. The van der Waals surface area contributed by atoms with Gasteiger partial charge in [-0.3, -0.25) is 48.6 Å². The van der Waals surface area contributed by atoms with Crippen molar-refractivity contribution in [3.05, 3.63) is 112 Å². The van der Waals surface area contributed by atoms with Gasteiger partial charge < -0.3 is 35.5 Å². The number of unbranched alkanes of at least 4 members (excludes halogenated alkanes) is 2. The van der Waals surface area contributed by atoms with Crippen molar-refractivity contribution in [2.75, 3.05) is 11.9 Å². The number of nitrogens with one attached hydrogen (secondary N) is 4. The van der Waals surface area contributed by atoms with Gasteiger partial charge in [0.1, 0.15) is 36.1 Å². The van der Waals surface area contributed by atoms with Crippen molar-refractivity contribution in [3.63, 3.8) is 0 Å². The van der Waals surface area contributed by atoms with E-state index in [1.165, 1.54) is 43.3 Å². The highest BCUT2D eigenvalue weighted by atomic mass is 16.7. The zero-order valence-corrected chi connectivity index (χ0v) is 36.8. The Morgan fingerprint density at radius 1 is 0.754 bits per heavy atom. The standard InChI is InChI=1S/C46H54N6O13/c1-29(2)41(44(59)47-30(3)42(57)48-33-17-15-31(16-18-33)28-63-45(60)64-35-21-19-34(20-22-35)52(61)62)50-43(58)36(23-26-40(56)65-46(4,5)32-12-8-6-9-13-32)49-37(53)14-10-7-11-27-51-38(54)24-25-39(51)55/h6,8-9,12-13,15-22,24-25,29-30,36,41H,7,10-11,14,23,26-28H2,1-5H3,(H,47,59)(H,48,57)(H,49,53)(H,50,58)/t30-,36-,41-/m0/s1. The van der Waals surface area contributed by atoms with Crippen LogP contribution in [0.3, 0.4) is 0 Å². The number of esters is 1. The van der Waals surface area contributed by atoms with Crippen LogP contribution in [0.1, 0.15) is 84.3 Å². The van der Waals surface area contributed by atoms with E-state index >= 15 is 0 Å². The third-order valence-electron chi connectivity index (χ3n) is 10.1. The Bertz CT molecular complexity index is 2210. The van der Waals surface area contributed by atoms with Crippen molar-refractivity contribution >= 4 is 58.9 Å². The summed E-state index contributed by atoms with van der Waals surface area (Å²) < 4.78 is 15.9.